The first-order chi connectivity index (χ1) is 7.10. The Morgan fingerprint density at radius 2 is 2.00 bits per heavy atom. The number of aliphatic hydroxyl groups excluding tert-OH is 3. The molecule has 2 unspecified atom stereocenters. The Morgan fingerprint density at radius 3 is 2.40 bits per heavy atom. The lowest BCUT2D eigenvalue weighted by atomic mass is 10.0. The van der Waals surface area contributed by atoms with E-state index < -0.39 is 18.6 Å². The highest BCUT2D eigenvalue weighted by Gasteiger charge is 2.19. The second-order valence-corrected chi connectivity index (χ2v) is 3.36. The van der Waals surface area contributed by atoms with Crippen LogP contribution in [0.3, 0.4) is 0 Å². The summed E-state index contributed by atoms with van der Waals surface area (Å²) in [7, 11) is 0. The molecular weight excluding hydrogens is 200 g/mol. The average molecular weight is 216 g/mol. The molecule has 7 N–H and O–H groups in total. The Hall–Kier alpha value is -1.31. The molecule has 86 valence electrons. The number of nitrogens with zero attached hydrogens (tertiary/aromatic N) is 2. The summed E-state index contributed by atoms with van der Waals surface area (Å²) < 4.78 is 1.38. The summed E-state index contributed by atoms with van der Waals surface area (Å²) in [4.78, 5) is 0. The molecule has 0 saturated carbocycles. The van der Waals surface area contributed by atoms with Crippen molar-refractivity contribution in [3.8, 4) is 0 Å². The topological polar surface area (TPSA) is 131 Å². The molecule has 0 aliphatic rings. The maximum absolute atomic E-state index is 9.35. The van der Waals surface area contributed by atoms with Gasteiger partial charge in [0.2, 0.25) is 0 Å². The van der Waals surface area contributed by atoms with Gasteiger partial charge in [-0.15, -0.1) is 0 Å². The zero-order valence-corrected chi connectivity index (χ0v) is 8.24. The first-order valence-electron chi connectivity index (χ1n) is 4.56. The van der Waals surface area contributed by atoms with Gasteiger partial charge in [-0.05, 0) is 0 Å². The molecule has 0 spiro atoms. The van der Waals surface area contributed by atoms with Gasteiger partial charge >= 0.3 is 0 Å². The molecule has 7 nitrogen and oxygen atoms in total. The van der Waals surface area contributed by atoms with Crippen molar-refractivity contribution in [1.29, 1.82) is 0 Å². The maximum atomic E-state index is 9.35. The van der Waals surface area contributed by atoms with Gasteiger partial charge in [0, 0.05) is 5.92 Å². The zero-order chi connectivity index (χ0) is 11.4. The molecule has 1 aromatic heterocycles. The van der Waals surface area contributed by atoms with Gasteiger partial charge in [-0.25, -0.2) is 4.68 Å². The van der Waals surface area contributed by atoms with E-state index in [-0.39, 0.29) is 13.2 Å². The van der Waals surface area contributed by atoms with Gasteiger partial charge in [0.15, 0.2) is 0 Å². The van der Waals surface area contributed by atoms with Crippen molar-refractivity contribution in [3.05, 3.63) is 6.20 Å². The number of aliphatic hydroxyl groups is 3. The minimum Gasteiger partial charge on any atom is -0.396 e. The van der Waals surface area contributed by atoms with Crippen molar-refractivity contribution in [2.24, 2.45) is 5.92 Å². The summed E-state index contributed by atoms with van der Waals surface area (Å²) in [5.74, 6) is -0.227. The number of nitrogen functional groups attached to an aromatic ring is 2. The third-order valence-electron chi connectivity index (χ3n) is 2.28. The van der Waals surface area contributed by atoms with Gasteiger partial charge in [0.1, 0.15) is 5.82 Å². The Labute approximate surface area is 86.9 Å². The fraction of sp³-hybridized carbons (Fsp3) is 0.625. The molecular formula is C8H16N4O3. The summed E-state index contributed by atoms with van der Waals surface area (Å²) in [6.45, 7) is -0.468. The molecule has 0 fully saturated rings. The van der Waals surface area contributed by atoms with Crippen molar-refractivity contribution in [1.82, 2.24) is 9.78 Å². The molecule has 15 heavy (non-hydrogen) atoms. The van der Waals surface area contributed by atoms with Crippen molar-refractivity contribution in [2.45, 2.75) is 12.6 Å². The van der Waals surface area contributed by atoms with E-state index in [0.717, 1.165) is 0 Å². The monoisotopic (exact) mass is 216 g/mol. The first kappa shape index (κ1) is 11.8. The summed E-state index contributed by atoms with van der Waals surface area (Å²) in [5, 5.41) is 31.0. The van der Waals surface area contributed by atoms with Gasteiger partial charge in [-0.1, -0.05) is 0 Å². The number of hydrogen-bond acceptors (Lipinski definition) is 6. The zero-order valence-electron chi connectivity index (χ0n) is 8.24. The van der Waals surface area contributed by atoms with E-state index in [2.05, 4.69) is 5.10 Å². The Balaban J connectivity index is 2.70. The van der Waals surface area contributed by atoms with Crippen LogP contribution in [0.15, 0.2) is 6.20 Å². The smallest absolute Gasteiger partial charge is 0.145 e. The number of aromatic nitrogens is 2. The van der Waals surface area contributed by atoms with E-state index in [1.165, 1.54) is 10.9 Å². The number of rotatable bonds is 5. The van der Waals surface area contributed by atoms with Crippen LogP contribution in [0.5, 0.6) is 0 Å². The minimum atomic E-state index is -1.00. The predicted molar refractivity (Wildman–Crippen MR) is 54.7 cm³/mol. The lowest BCUT2D eigenvalue weighted by Gasteiger charge is -2.19. The second-order valence-electron chi connectivity index (χ2n) is 3.36. The average Bonchev–Trinajstić information content (AvgIpc) is 2.56. The summed E-state index contributed by atoms with van der Waals surface area (Å²) in [6, 6.07) is 0. The first-order valence-corrected chi connectivity index (χ1v) is 4.56. The quantitative estimate of drug-likeness (QED) is 0.387. The van der Waals surface area contributed by atoms with Crippen molar-refractivity contribution in [3.63, 3.8) is 0 Å². The van der Waals surface area contributed by atoms with Gasteiger partial charge in [-0.3, -0.25) is 0 Å². The number of hydrogen-bond donors (Lipinski definition) is 5. The van der Waals surface area contributed by atoms with Crippen LogP contribution in [0.4, 0.5) is 11.5 Å². The van der Waals surface area contributed by atoms with Crippen LogP contribution >= 0.6 is 0 Å². The Kier molecular flexibility index (Phi) is 3.89. The molecule has 0 aliphatic heterocycles. The SMILES string of the molecule is Nc1cnn(CC(CO)C(O)CO)c1N. The molecule has 0 radical (unpaired) electrons. The van der Waals surface area contributed by atoms with Gasteiger partial charge < -0.3 is 26.8 Å². The van der Waals surface area contributed by atoms with Crippen LogP contribution in [0.1, 0.15) is 0 Å². The molecule has 1 aromatic rings. The predicted octanol–water partition coefficient (Wildman–Crippen LogP) is -1.99. The van der Waals surface area contributed by atoms with Crippen molar-refractivity contribution < 1.29 is 15.3 Å². The van der Waals surface area contributed by atoms with E-state index in [1.54, 1.807) is 0 Å². The van der Waals surface area contributed by atoms with Crippen LogP contribution in [0.2, 0.25) is 0 Å². The molecule has 0 saturated heterocycles. The number of anilines is 2. The Bertz CT molecular complexity index is 315. The highest BCUT2D eigenvalue weighted by molar-refractivity contribution is 5.56. The second kappa shape index (κ2) is 4.96. The third-order valence-corrected chi connectivity index (χ3v) is 2.28. The van der Waals surface area contributed by atoms with Crippen LogP contribution in [0, 0.1) is 5.92 Å². The van der Waals surface area contributed by atoms with E-state index in [9.17, 15) is 5.11 Å². The minimum absolute atomic E-state index is 0.210. The third kappa shape index (κ3) is 2.58. The van der Waals surface area contributed by atoms with Gasteiger partial charge in [-0.2, -0.15) is 5.10 Å². The molecule has 0 aliphatic carbocycles. The summed E-state index contributed by atoms with van der Waals surface area (Å²) in [6.07, 6.45) is 0.398. The van der Waals surface area contributed by atoms with Gasteiger partial charge in [0.25, 0.3) is 0 Å². The van der Waals surface area contributed by atoms with Crippen LogP contribution < -0.4 is 11.5 Å². The van der Waals surface area contributed by atoms with E-state index in [1.807, 2.05) is 0 Å². The van der Waals surface area contributed by atoms with Crippen LogP contribution in [-0.4, -0.2) is 44.4 Å². The van der Waals surface area contributed by atoms with Gasteiger partial charge in [0.05, 0.1) is 37.7 Å². The molecule has 0 aromatic carbocycles. The standard InChI is InChI=1S/C8H16N4O3/c9-6-1-11-12(8(6)10)2-5(3-13)7(15)4-14/h1,5,7,13-15H,2-4,9-10H2. The van der Waals surface area contributed by atoms with E-state index >= 15 is 0 Å². The molecule has 1 rings (SSSR count). The lowest BCUT2D eigenvalue weighted by molar-refractivity contribution is 0.0145. The highest BCUT2D eigenvalue weighted by atomic mass is 16.3. The van der Waals surface area contributed by atoms with Crippen molar-refractivity contribution in [2.75, 3.05) is 24.7 Å². The largest absolute Gasteiger partial charge is 0.396 e. The summed E-state index contributed by atoms with van der Waals surface area (Å²) >= 11 is 0. The molecule has 1 heterocycles. The van der Waals surface area contributed by atoms with Crippen LogP contribution in [0.25, 0.3) is 0 Å². The summed E-state index contributed by atoms with van der Waals surface area (Å²) in [5.41, 5.74) is 11.4. The van der Waals surface area contributed by atoms with E-state index in [4.69, 9.17) is 21.7 Å². The Morgan fingerprint density at radius 1 is 1.33 bits per heavy atom. The molecule has 2 atom stereocenters. The molecule has 7 heteroatoms. The normalized spacial score (nSPS) is 15.1. The highest BCUT2D eigenvalue weighted by Crippen LogP contribution is 2.15. The van der Waals surface area contributed by atoms with Crippen LogP contribution in [-0.2, 0) is 6.54 Å². The van der Waals surface area contributed by atoms with Crippen molar-refractivity contribution >= 4 is 11.5 Å². The fourth-order valence-corrected chi connectivity index (χ4v) is 1.23. The maximum Gasteiger partial charge on any atom is 0.145 e. The molecule has 0 amide bonds. The molecule has 0 bridgehead atoms. The lowest BCUT2D eigenvalue weighted by Crippen LogP contribution is -2.31. The number of nitrogens with two attached hydrogens (primary N) is 2. The van der Waals surface area contributed by atoms with E-state index in [0.29, 0.717) is 11.5 Å². The fourth-order valence-electron chi connectivity index (χ4n) is 1.23.